The van der Waals surface area contributed by atoms with Crippen molar-refractivity contribution >= 4 is 11.9 Å². The summed E-state index contributed by atoms with van der Waals surface area (Å²) in [5.74, 6) is -2.10. The van der Waals surface area contributed by atoms with Crippen molar-refractivity contribution in [1.82, 2.24) is 0 Å². The Morgan fingerprint density at radius 1 is 1.09 bits per heavy atom. The summed E-state index contributed by atoms with van der Waals surface area (Å²) in [6, 6.07) is 0. The van der Waals surface area contributed by atoms with Crippen LogP contribution in [-0.4, -0.2) is 39.9 Å². The lowest BCUT2D eigenvalue weighted by atomic mass is 9.72. The maximum Gasteiger partial charge on any atom is 0.327 e. The van der Waals surface area contributed by atoms with E-state index in [1.165, 1.54) is 0 Å². The molecule has 0 bridgehead atoms. The van der Waals surface area contributed by atoms with Crippen molar-refractivity contribution in [2.75, 3.05) is 0 Å². The molecule has 0 aromatic carbocycles. The van der Waals surface area contributed by atoms with Gasteiger partial charge in [-0.2, -0.15) is 0 Å². The summed E-state index contributed by atoms with van der Waals surface area (Å²) < 4.78 is 10.7. The third-order valence-corrected chi connectivity index (χ3v) is 3.49. The minimum atomic E-state index is -1.46. The first-order chi connectivity index (χ1) is 9.74. The Balaban J connectivity index is 3.02. The van der Waals surface area contributed by atoms with Crippen molar-refractivity contribution in [3.8, 4) is 0 Å². The number of hydrogen-bond acceptors (Lipinski definition) is 6. The van der Waals surface area contributed by atoms with E-state index < -0.39 is 40.7 Å². The van der Waals surface area contributed by atoms with Gasteiger partial charge in [-0.1, -0.05) is 0 Å². The fourth-order valence-corrected chi connectivity index (χ4v) is 2.48. The van der Waals surface area contributed by atoms with Crippen LogP contribution in [0.3, 0.4) is 0 Å². The molecule has 6 nitrogen and oxygen atoms in total. The van der Waals surface area contributed by atoms with E-state index in [0.717, 1.165) is 0 Å². The Labute approximate surface area is 132 Å². The molecule has 0 heterocycles. The van der Waals surface area contributed by atoms with Crippen molar-refractivity contribution in [3.05, 3.63) is 0 Å². The van der Waals surface area contributed by atoms with Crippen LogP contribution in [0.25, 0.3) is 0 Å². The molecule has 0 aromatic heterocycles. The lowest BCUT2D eigenvalue weighted by Gasteiger charge is -2.41. The zero-order valence-electron chi connectivity index (χ0n) is 14.4. The largest absolute Gasteiger partial charge is 0.460 e. The zero-order chi connectivity index (χ0) is 17.3. The van der Waals surface area contributed by atoms with Crippen LogP contribution >= 0.6 is 0 Å². The van der Waals surface area contributed by atoms with Crippen LogP contribution in [-0.2, 0) is 19.1 Å². The smallest absolute Gasteiger partial charge is 0.327 e. The van der Waals surface area contributed by atoms with E-state index in [4.69, 9.17) is 15.2 Å². The first-order valence-electron chi connectivity index (χ1n) is 7.68. The zero-order valence-corrected chi connectivity index (χ0v) is 14.4. The highest BCUT2D eigenvalue weighted by Gasteiger charge is 2.52. The Kier molecular flexibility index (Phi) is 5.30. The van der Waals surface area contributed by atoms with Gasteiger partial charge in [0.25, 0.3) is 0 Å². The van der Waals surface area contributed by atoms with Gasteiger partial charge < -0.3 is 20.3 Å². The SMILES string of the molecule is CC(C)(C)OC(=O)C1CC(O)CCC1(N)C(=O)OC(C)(C)C. The Morgan fingerprint density at radius 2 is 1.59 bits per heavy atom. The molecule has 0 radical (unpaired) electrons. The highest BCUT2D eigenvalue weighted by molar-refractivity contribution is 5.89. The maximum atomic E-state index is 12.5. The van der Waals surface area contributed by atoms with Crippen molar-refractivity contribution in [3.63, 3.8) is 0 Å². The molecule has 0 aliphatic heterocycles. The van der Waals surface area contributed by atoms with Gasteiger partial charge >= 0.3 is 11.9 Å². The number of nitrogens with two attached hydrogens (primary N) is 1. The van der Waals surface area contributed by atoms with E-state index in [1.807, 2.05) is 0 Å². The first-order valence-corrected chi connectivity index (χ1v) is 7.68. The van der Waals surface area contributed by atoms with E-state index in [-0.39, 0.29) is 12.8 Å². The molecule has 1 fully saturated rings. The van der Waals surface area contributed by atoms with Gasteiger partial charge in [-0.25, -0.2) is 0 Å². The molecule has 3 unspecified atom stereocenters. The molecule has 0 saturated heterocycles. The average molecular weight is 315 g/mol. The molecular formula is C16H29NO5. The van der Waals surface area contributed by atoms with Crippen molar-refractivity contribution in [2.24, 2.45) is 11.7 Å². The number of aliphatic hydroxyl groups is 1. The van der Waals surface area contributed by atoms with Gasteiger partial charge in [-0.15, -0.1) is 0 Å². The molecule has 3 atom stereocenters. The van der Waals surface area contributed by atoms with Gasteiger partial charge in [0, 0.05) is 0 Å². The van der Waals surface area contributed by atoms with E-state index in [1.54, 1.807) is 41.5 Å². The van der Waals surface area contributed by atoms with Crippen molar-refractivity contribution < 1.29 is 24.2 Å². The summed E-state index contributed by atoms with van der Waals surface area (Å²) in [7, 11) is 0. The van der Waals surface area contributed by atoms with E-state index >= 15 is 0 Å². The van der Waals surface area contributed by atoms with Gasteiger partial charge in [0.1, 0.15) is 16.7 Å². The molecule has 3 N–H and O–H groups in total. The fourth-order valence-electron chi connectivity index (χ4n) is 2.48. The second-order valence-electron chi connectivity index (χ2n) is 8.06. The Bertz CT molecular complexity index is 435. The predicted octanol–water partition coefficient (Wildman–Crippen LogP) is 1.53. The van der Waals surface area contributed by atoms with Crippen LogP contribution < -0.4 is 5.73 Å². The third-order valence-electron chi connectivity index (χ3n) is 3.49. The second kappa shape index (κ2) is 6.16. The molecule has 128 valence electrons. The van der Waals surface area contributed by atoms with Gasteiger partial charge in [-0.3, -0.25) is 9.59 Å². The fraction of sp³-hybridized carbons (Fsp3) is 0.875. The summed E-state index contributed by atoms with van der Waals surface area (Å²) in [5, 5.41) is 9.86. The molecule has 0 amide bonds. The van der Waals surface area contributed by atoms with E-state index in [0.29, 0.717) is 6.42 Å². The third kappa shape index (κ3) is 4.95. The van der Waals surface area contributed by atoms with Crippen LogP contribution in [0.1, 0.15) is 60.8 Å². The molecule has 0 aromatic rings. The molecular weight excluding hydrogens is 286 g/mol. The summed E-state index contributed by atoms with van der Waals surface area (Å²) in [6.07, 6.45) is -0.0243. The summed E-state index contributed by atoms with van der Waals surface area (Å²) in [5.41, 5.74) is 3.40. The highest BCUT2D eigenvalue weighted by atomic mass is 16.6. The number of rotatable bonds is 2. The monoisotopic (exact) mass is 315 g/mol. The van der Waals surface area contributed by atoms with Crippen LogP contribution in [0, 0.1) is 5.92 Å². The lowest BCUT2D eigenvalue weighted by Crippen LogP contribution is -2.62. The number of hydrogen-bond donors (Lipinski definition) is 2. The van der Waals surface area contributed by atoms with Gasteiger partial charge in [0.15, 0.2) is 0 Å². The molecule has 22 heavy (non-hydrogen) atoms. The highest BCUT2D eigenvalue weighted by Crippen LogP contribution is 2.36. The molecule has 1 rings (SSSR count). The topological polar surface area (TPSA) is 98.9 Å². The van der Waals surface area contributed by atoms with Gasteiger partial charge in [0.05, 0.1) is 12.0 Å². The van der Waals surface area contributed by atoms with Crippen molar-refractivity contribution in [2.45, 2.75) is 83.6 Å². The quantitative estimate of drug-likeness (QED) is 0.750. The minimum absolute atomic E-state index is 0.102. The van der Waals surface area contributed by atoms with Gasteiger partial charge in [-0.05, 0) is 60.8 Å². The van der Waals surface area contributed by atoms with E-state index in [2.05, 4.69) is 0 Å². The summed E-state index contributed by atoms with van der Waals surface area (Å²) >= 11 is 0. The van der Waals surface area contributed by atoms with Crippen LogP contribution in [0.5, 0.6) is 0 Å². The van der Waals surface area contributed by atoms with Crippen molar-refractivity contribution in [1.29, 1.82) is 0 Å². The summed E-state index contributed by atoms with van der Waals surface area (Å²) in [4.78, 5) is 24.9. The van der Waals surface area contributed by atoms with Crippen LogP contribution in [0.2, 0.25) is 0 Å². The molecule has 1 aliphatic rings. The second-order valence-corrected chi connectivity index (χ2v) is 8.06. The molecule has 0 spiro atoms. The standard InChI is InChI=1S/C16H29NO5/c1-14(2,3)21-12(19)11-9-10(18)7-8-16(11,17)13(20)22-15(4,5)6/h10-11,18H,7-9,17H2,1-6H3. The molecule has 1 saturated carbocycles. The first kappa shape index (κ1) is 18.9. The molecule has 6 heteroatoms. The normalized spacial score (nSPS) is 29.8. The molecule has 1 aliphatic carbocycles. The number of carbonyl (C=O) groups is 2. The maximum absolute atomic E-state index is 12.5. The summed E-state index contributed by atoms with van der Waals surface area (Å²) in [6.45, 7) is 10.5. The Hall–Kier alpha value is -1.14. The average Bonchev–Trinajstić information content (AvgIpc) is 2.27. The van der Waals surface area contributed by atoms with Gasteiger partial charge in [0.2, 0.25) is 0 Å². The van der Waals surface area contributed by atoms with Crippen LogP contribution in [0.4, 0.5) is 0 Å². The van der Waals surface area contributed by atoms with Crippen LogP contribution in [0.15, 0.2) is 0 Å². The Morgan fingerprint density at radius 3 is 2.05 bits per heavy atom. The number of esters is 2. The predicted molar refractivity (Wildman–Crippen MR) is 82.0 cm³/mol. The lowest BCUT2D eigenvalue weighted by molar-refractivity contribution is -0.179. The minimum Gasteiger partial charge on any atom is -0.460 e. The number of ether oxygens (including phenoxy) is 2. The number of carbonyl (C=O) groups excluding carboxylic acids is 2. The van der Waals surface area contributed by atoms with E-state index in [9.17, 15) is 14.7 Å². The number of aliphatic hydroxyl groups excluding tert-OH is 1.